The molecule has 0 aliphatic carbocycles. The zero-order valence-corrected chi connectivity index (χ0v) is 25.6. The van der Waals surface area contributed by atoms with Gasteiger partial charge < -0.3 is 4.42 Å². The van der Waals surface area contributed by atoms with Gasteiger partial charge in [0.15, 0.2) is 0 Å². The Hall–Kier alpha value is -6.18. The van der Waals surface area contributed by atoms with Crippen molar-refractivity contribution in [2.24, 2.45) is 0 Å². The summed E-state index contributed by atoms with van der Waals surface area (Å²) < 4.78 is 6.35. The molecule has 1 heteroatoms. The largest absolute Gasteiger partial charge is 0.456 e. The summed E-state index contributed by atoms with van der Waals surface area (Å²) in [4.78, 5) is 0. The average molecular weight is 597 g/mol. The van der Waals surface area contributed by atoms with Gasteiger partial charge in [0.1, 0.15) is 11.2 Å². The summed E-state index contributed by atoms with van der Waals surface area (Å²) in [6.45, 7) is 0. The van der Waals surface area contributed by atoms with Crippen molar-refractivity contribution in [2.75, 3.05) is 0 Å². The zero-order chi connectivity index (χ0) is 30.9. The molecule has 1 aromatic heterocycles. The second-order valence-corrected chi connectivity index (χ2v) is 12.4. The molecule has 0 fully saturated rings. The molecule has 0 amide bonds. The predicted molar refractivity (Wildman–Crippen MR) is 199 cm³/mol. The lowest BCUT2D eigenvalue weighted by molar-refractivity contribution is 0.669. The van der Waals surface area contributed by atoms with Crippen LogP contribution in [-0.2, 0) is 0 Å². The van der Waals surface area contributed by atoms with Gasteiger partial charge in [-0.2, -0.15) is 0 Å². The van der Waals surface area contributed by atoms with E-state index in [-0.39, 0.29) is 0 Å². The summed E-state index contributed by atoms with van der Waals surface area (Å²) >= 11 is 0. The molecule has 10 aromatic rings. The fourth-order valence-electron chi connectivity index (χ4n) is 7.82. The normalized spacial score (nSPS) is 11.8. The maximum absolute atomic E-state index is 6.35. The van der Waals surface area contributed by atoms with Crippen LogP contribution in [0.25, 0.3) is 98.8 Å². The molecule has 0 saturated heterocycles. The van der Waals surface area contributed by atoms with Crippen molar-refractivity contribution in [3.63, 3.8) is 0 Å². The quantitative estimate of drug-likeness (QED) is 0.145. The van der Waals surface area contributed by atoms with Gasteiger partial charge in [-0.3, -0.25) is 0 Å². The van der Waals surface area contributed by atoms with Crippen molar-refractivity contribution in [3.05, 3.63) is 170 Å². The highest BCUT2D eigenvalue weighted by molar-refractivity contribution is 6.29. The van der Waals surface area contributed by atoms with E-state index >= 15 is 0 Å². The third-order valence-corrected chi connectivity index (χ3v) is 9.84. The van der Waals surface area contributed by atoms with Crippen LogP contribution < -0.4 is 0 Å². The van der Waals surface area contributed by atoms with Crippen molar-refractivity contribution < 1.29 is 4.42 Å². The van der Waals surface area contributed by atoms with Crippen molar-refractivity contribution in [2.45, 2.75) is 0 Å². The molecule has 0 unspecified atom stereocenters. The molecule has 218 valence electrons. The molecule has 0 bridgehead atoms. The van der Waals surface area contributed by atoms with Crippen molar-refractivity contribution in [3.8, 4) is 44.5 Å². The highest BCUT2D eigenvalue weighted by Gasteiger charge is 2.22. The molecule has 1 nitrogen and oxygen atoms in total. The Balaban J connectivity index is 1.27. The topological polar surface area (TPSA) is 13.1 Å². The lowest BCUT2D eigenvalue weighted by atomic mass is 9.82. The average Bonchev–Trinajstić information content (AvgIpc) is 3.53. The first-order chi connectivity index (χ1) is 23.3. The zero-order valence-electron chi connectivity index (χ0n) is 25.6. The summed E-state index contributed by atoms with van der Waals surface area (Å²) in [5, 5.41) is 9.84. The number of benzene rings is 9. The van der Waals surface area contributed by atoms with E-state index in [1.807, 2.05) is 0 Å². The van der Waals surface area contributed by atoms with Crippen LogP contribution in [0, 0.1) is 0 Å². The summed E-state index contributed by atoms with van der Waals surface area (Å²) in [5.74, 6) is 0. The number of fused-ring (bicyclic) bond motifs is 2. The molecule has 1 heterocycles. The first-order valence-electron chi connectivity index (χ1n) is 16.2. The number of rotatable bonds is 4. The van der Waals surface area contributed by atoms with Crippen LogP contribution in [-0.4, -0.2) is 0 Å². The fourth-order valence-corrected chi connectivity index (χ4v) is 7.82. The van der Waals surface area contributed by atoms with Gasteiger partial charge in [-0.25, -0.2) is 0 Å². The van der Waals surface area contributed by atoms with Gasteiger partial charge in [0.25, 0.3) is 0 Å². The van der Waals surface area contributed by atoms with E-state index in [0.717, 1.165) is 11.2 Å². The Morgan fingerprint density at radius 1 is 0.298 bits per heavy atom. The molecule has 0 saturated carbocycles. The molecular formula is C46H28O. The second-order valence-electron chi connectivity index (χ2n) is 12.4. The standard InChI is InChI=1S/C46H28O/c1-2-12-29(13-3-1)31-15-10-16-32(28-31)33-17-4-5-18-34(33)44-35-19-6-8-21-37(35)45(38-22-9-7-20-36(38)44)39-26-27-42-46-40(39)25-24-30-14-11-23-41(47-42)43(30)46/h1-28H. The van der Waals surface area contributed by atoms with Gasteiger partial charge in [-0.1, -0.05) is 146 Å². The summed E-state index contributed by atoms with van der Waals surface area (Å²) in [6.07, 6.45) is 0. The molecule has 0 aliphatic rings. The Kier molecular flexibility index (Phi) is 5.64. The smallest absolute Gasteiger partial charge is 0.136 e. The van der Waals surface area contributed by atoms with Crippen LogP contribution in [0.5, 0.6) is 0 Å². The Labute approximate surface area is 272 Å². The molecule has 0 aliphatic heterocycles. The van der Waals surface area contributed by atoms with Gasteiger partial charge in [0.2, 0.25) is 0 Å². The minimum absolute atomic E-state index is 0.937. The van der Waals surface area contributed by atoms with Gasteiger partial charge in [0.05, 0.1) is 0 Å². The van der Waals surface area contributed by atoms with E-state index in [9.17, 15) is 0 Å². The Morgan fingerprint density at radius 2 is 0.872 bits per heavy atom. The first-order valence-corrected chi connectivity index (χ1v) is 16.2. The maximum atomic E-state index is 6.35. The van der Waals surface area contributed by atoms with Crippen LogP contribution in [0.2, 0.25) is 0 Å². The van der Waals surface area contributed by atoms with Crippen LogP contribution in [0.15, 0.2) is 174 Å². The van der Waals surface area contributed by atoms with E-state index < -0.39 is 0 Å². The molecule has 47 heavy (non-hydrogen) atoms. The summed E-state index contributed by atoms with van der Waals surface area (Å²) in [6, 6.07) is 61.6. The molecule has 0 spiro atoms. The molecule has 0 N–H and O–H groups in total. The van der Waals surface area contributed by atoms with E-state index in [0.29, 0.717) is 0 Å². The lowest BCUT2D eigenvalue weighted by Gasteiger charge is -2.20. The monoisotopic (exact) mass is 596 g/mol. The lowest BCUT2D eigenvalue weighted by Crippen LogP contribution is -1.93. The SMILES string of the molecule is c1ccc(-c2cccc(-c3ccccc3-c3c4ccccc4c(-c4ccc5oc6cccc7ccc4c5c76)c4ccccc34)c2)cc1. The molecule has 9 aromatic carbocycles. The van der Waals surface area contributed by atoms with Crippen molar-refractivity contribution >= 4 is 54.3 Å². The van der Waals surface area contributed by atoms with Gasteiger partial charge in [-0.15, -0.1) is 0 Å². The van der Waals surface area contributed by atoms with Crippen LogP contribution in [0.3, 0.4) is 0 Å². The Bertz CT molecular complexity index is 2730. The van der Waals surface area contributed by atoms with Gasteiger partial charge in [0, 0.05) is 10.8 Å². The highest BCUT2D eigenvalue weighted by atomic mass is 16.3. The van der Waals surface area contributed by atoms with Crippen molar-refractivity contribution in [1.29, 1.82) is 0 Å². The third kappa shape index (κ3) is 3.90. The summed E-state index contributed by atoms with van der Waals surface area (Å²) in [5.41, 5.74) is 11.8. The Morgan fingerprint density at radius 3 is 1.62 bits per heavy atom. The minimum Gasteiger partial charge on any atom is -0.456 e. The van der Waals surface area contributed by atoms with Gasteiger partial charge >= 0.3 is 0 Å². The van der Waals surface area contributed by atoms with E-state index in [4.69, 9.17) is 4.42 Å². The predicted octanol–water partition coefficient (Wildman–Crippen LogP) is 13.2. The molecule has 0 radical (unpaired) electrons. The minimum atomic E-state index is 0.937. The van der Waals surface area contributed by atoms with Crippen molar-refractivity contribution in [1.82, 2.24) is 0 Å². The molecule has 0 atom stereocenters. The number of furan rings is 1. The van der Waals surface area contributed by atoms with E-state index in [1.165, 1.54) is 87.6 Å². The number of hydrogen-bond acceptors (Lipinski definition) is 1. The highest BCUT2D eigenvalue weighted by Crippen LogP contribution is 2.49. The summed E-state index contributed by atoms with van der Waals surface area (Å²) in [7, 11) is 0. The van der Waals surface area contributed by atoms with Crippen LogP contribution in [0.1, 0.15) is 0 Å². The molecule has 10 rings (SSSR count). The maximum Gasteiger partial charge on any atom is 0.136 e. The fraction of sp³-hybridized carbons (Fsp3) is 0. The van der Waals surface area contributed by atoms with Crippen LogP contribution >= 0.6 is 0 Å². The van der Waals surface area contributed by atoms with E-state index in [2.05, 4.69) is 170 Å². The van der Waals surface area contributed by atoms with E-state index in [1.54, 1.807) is 0 Å². The first kappa shape index (κ1) is 26.1. The number of hydrogen-bond donors (Lipinski definition) is 0. The third-order valence-electron chi connectivity index (χ3n) is 9.84. The molecular weight excluding hydrogens is 569 g/mol. The second kappa shape index (κ2) is 10.2. The van der Waals surface area contributed by atoms with Gasteiger partial charge in [-0.05, 0) is 101 Å². The van der Waals surface area contributed by atoms with Crippen LogP contribution in [0.4, 0.5) is 0 Å².